The van der Waals surface area contributed by atoms with E-state index in [4.69, 9.17) is 11.6 Å². The first-order chi connectivity index (χ1) is 15.2. The van der Waals surface area contributed by atoms with Crippen molar-refractivity contribution in [2.75, 3.05) is 17.7 Å². The summed E-state index contributed by atoms with van der Waals surface area (Å²) in [5, 5.41) is 3.82. The molecule has 0 radical (unpaired) electrons. The monoisotopic (exact) mass is 480 g/mol. The Bertz CT molecular complexity index is 1090. The van der Waals surface area contributed by atoms with E-state index in [1.54, 1.807) is 13.0 Å². The maximum Gasteiger partial charge on any atom is 0.271 e. The Labute approximate surface area is 192 Å². The lowest BCUT2D eigenvalue weighted by Gasteiger charge is -2.31. The highest BCUT2D eigenvalue weighted by Gasteiger charge is 2.27. The maximum absolute atomic E-state index is 14.1. The molecule has 7 nitrogen and oxygen atoms in total. The molecule has 1 aromatic carbocycles. The van der Waals surface area contributed by atoms with E-state index in [1.807, 2.05) is 6.07 Å². The number of anilines is 1. The first-order valence-corrected chi connectivity index (χ1v) is 12.7. The summed E-state index contributed by atoms with van der Waals surface area (Å²) in [6.45, 7) is 2.37. The summed E-state index contributed by atoms with van der Waals surface area (Å²) < 4.78 is 36.5. The van der Waals surface area contributed by atoms with Crippen LogP contribution in [0.25, 0.3) is 0 Å². The van der Waals surface area contributed by atoms with Crippen LogP contribution in [0.15, 0.2) is 42.1 Å². The summed E-state index contributed by atoms with van der Waals surface area (Å²) in [5.41, 5.74) is 0.826. The van der Waals surface area contributed by atoms with Crippen molar-refractivity contribution in [2.24, 2.45) is 0 Å². The van der Waals surface area contributed by atoms with E-state index in [0.29, 0.717) is 17.9 Å². The van der Waals surface area contributed by atoms with Gasteiger partial charge in [-0.1, -0.05) is 42.7 Å². The van der Waals surface area contributed by atoms with Crippen LogP contribution < -0.4 is 10.2 Å². The molecular weight excluding hydrogens is 455 g/mol. The number of carbonyl (C=O) groups excluding carboxylic acids is 1. The third-order valence-electron chi connectivity index (χ3n) is 5.23. The van der Waals surface area contributed by atoms with Gasteiger partial charge < -0.3 is 10.2 Å². The molecule has 2 atom stereocenters. The molecule has 0 bridgehead atoms. The van der Waals surface area contributed by atoms with Gasteiger partial charge in [0.1, 0.15) is 17.3 Å². The number of benzene rings is 1. The minimum absolute atomic E-state index is 0.114. The molecule has 1 saturated heterocycles. The zero-order valence-electron chi connectivity index (χ0n) is 18.0. The van der Waals surface area contributed by atoms with Gasteiger partial charge in [-0.2, -0.15) is 0 Å². The second-order valence-corrected chi connectivity index (χ2v) is 10.2. The first-order valence-electron chi connectivity index (χ1n) is 10.4. The molecular formula is C22H26ClFN4O3S. The summed E-state index contributed by atoms with van der Waals surface area (Å²) in [7, 11) is -3.27. The molecule has 1 fully saturated rings. The maximum atomic E-state index is 14.1. The first kappa shape index (κ1) is 24.1. The molecule has 10 heteroatoms. The number of sulfone groups is 1. The fraction of sp³-hybridized carbons (Fsp3) is 0.409. The summed E-state index contributed by atoms with van der Waals surface area (Å²) in [6, 6.07) is 4.18. The van der Waals surface area contributed by atoms with Gasteiger partial charge in [-0.3, -0.25) is 4.79 Å². The van der Waals surface area contributed by atoms with Crippen molar-refractivity contribution < 1.29 is 17.6 Å². The second-order valence-electron chi connectivity index (χ2n) is 7.88. The van der Waals surface area contributed by atoms with Gasteiger partial charge in [0, 0.05) is 24.3 Å². The molecule has 0 aliphatic carbocycles. The third kappa shape index (κ3) is 6.26. The van der Waals surface area contributed by atoms with E-state index >= 15 is 0 Å². The Morgan fingerprint density at radius 2 is 2.06 bits per heavy atom. The Morgan fingerprint density at radius 1 is 1.28 bits per heavy atom. The fourth-order valence-electron chi connectivity index (χ4n) is 3.66. The SMILES string of the molecule is C[C@H](/C=C/S(C)(=O)=O)NC(=O)c1cnc(N2CCCCCC2c2cccc(F)c2Cl)cn1. The number of halogens is 2. The van der Waals surface area contributed by atoms with Gasteiger partial charge in [0.05, 0.1) is 23.5 Å². The van der Waals surface area contributed by atoms with Crippen molar-refractivity contribution in [3.63, 3.8) is 0 Å². The summed E-state index contributed by atoms with van der Waals surface area (Å²) in [6.07, 6.45) is 9.17. The minimum atomic E-state index is -3.27. The molecule has 3 rings (SSSR count). The molecule has 32 heavy (non-hydrogen) atoms. The van der Waals surface area contributed by atoms with Crippen LogP contribution in [-0.4, -0.2) is 43.1 Å². The predicted octanol–water partition coefficient (Wildman–Crippen LogP) is 4.07. The number of hydrogen-bond donors (Lipinski definition) is 1. The minimum Gasteiger partial charge on any atom is -0.348 e. The zero-order valence-corrected chi connectivity index (χ0v) is 19.5. The lowest BCUT2D eigenvalue weighted by atomic mass is 10.0. The molecule has 1 aromatic heterocycles. The van der Waals surface area contributed by atoms with Crippen molar-refractivity contribution >= 4 is 33.2 Å². The summed E-state index contributed by atoms with van der Waals surface area (Å²) in [5.74, 6) is -0.334. The number of hydrogen-bond acceptors (Lipinski definition) is 6. The number of carbonyl (C=O) groups is 1. The smallest absolute Gasteiger partial charge is 0.271 e. The average molecular weight is 481 g/mol. The van der Waals surface area contributed by atoms with Crippen LogP contribution >= 0.6 is 11.6 Å². The lowest BCUT2D eigenvalue weighted by Crippen LogP contribution is -2.33. The number of nitrogens with one attached hydrogen (secondary N) is 1. The van der Waals surface area contributed by atoms with E-state index in [1.165, 1.54) is 24.5 Å². The Balaban J connectivity index is 1.79. The summed E-state index contributed by atoms with van der Waals surface area (Å²) in [4.78, 5) is 23.2. The van der Waals surface area contributed by atoms with Gasteiger partial charge >= 0.3 is 0 Å². The molecule has 2 heterocycles. The summed E-state index contributed by atoms with van der Waals surface area (Å²) >= 11 is 6.27. The molecule has 1 amide bonds. The number of amides is 1. The van der Waals surface area contributed by atoms with E-state index in [-0.39, 0.29) is 16.8 Å². The predicted molar refractivity (Wildman–Crippen MR) is 123 cm³/mol. The highest BCUT2D eigenvalue weighted by molar-refractivity contribution is 7.93. The van der Waals surface area contributed by atoms with Gasteiger partial charge in [0.2, 0.25) is 0 Å². The van der Waals surface area contributed by atoms with Gasteiger partial charge in [-0.05, 0) is 31.4 Å². The quantitative estimate of drug-likeness (QED) is 0.670. The number of rotatable bonds is 6. The van der Waals surface area contributed by atoms with Crippen LogP contribution in [0.4, 0.5) is 10.2 Å². The van der Waals surface area contributed by atoms with Crippen LogP contribution in [0.5, 0.6) is 0 Å². The lowest BCUT2D eigenvalue weighted by molar-refractivity contribution is 0.0941. The zero-order chi connectivity index (χ0) is 23.3. The molecule has 1 unspecified atom stereocenters. The highest BCUT2D eigenvalue weighted by Crippen LogP contribution is 2.37. The molecule has 2 aromatic rings. The van der Waals surface area contributed by atoms with Crippen LogP contribution in [0, 0.1) is 5.82 Å². The van der Waals surface area contributed by atoms with Gasteiger partial charge in [0.15, 0.2) is 9.84 Å². The number of nitrogens with zero attached hydrogens (tertiary/aromatic N) is 3. The molecule has 1 aliphatic heterocycles. The van der Waals surface area contributed by atoms with Crippen LogP contribution in [0.2, 0.25) is 5.02 Å². The Kier molecular flexibility index (Phi) is 7.84. The van der Waals surface area contributed by atoms with E-state index in [0.717, 1.165) is 37.3 Å². The van der Waals surface area contributed by atoms with Gasteiger partial charge in [-0.25, -0.2) is 22.8 Å². The molecule has 0 saturated carbocycles. The van der Waals surface area contributed by atoms with Gasteiger partial charge in [0.25, 0.3) is 5.91 Å². The molecule has 0 spiro atoms. The topological polar surface area (TPSA) is 92.3 Å². The average Bonchev–Trinajstić information content (AvgIpc) is 3.00. The largest absolute Gasteiger partial charge is 0.348 e. The van der Waals surface area contributed by atoms with E-state index in [2.05, 4.69) is 20.2 Å². The van der Waals surface area contributed by atoms with Crippen molar-refractivity contribution in [1.29, 1.82) is 0 Å². The Morgan fingerprint density at radius 3 is 2.75 bits per heavy atom. The molecule has 172 valence electrons. The second kappa shape index (κ2) is 10.4. The normalized spacial score (nSPS) is 18.4. The highest BCUT2D eigenvalue weighted by atomic mass is 35.5. The third-order valence-corrected chi connectivity index (χ3v) is 6.28. The van der Waals surface area contributed by atoms with Crippen molar-refractivity contribution in [2.45, 2.75) is 44.7 Å². The fourth-order valence-corrected chi connectivity index (χ4v) is 4.43. The van der Waals surface area contributed by atoms with Crippen LogP contribution in [-0.2, 0) is 9.84 Å². The van der Waals surface area contributed by atoms with Crippen LogP contribution in [0.3, 0.4) is 0 Å². The van der Waals surface area contributed by atoms with Gasteiger partial charge in [-0.15, -0.1) is 0 Å². The van der Waals surface area contributed by atoms with E-state index < -0.39 is 27.6 Å². The Hall–Kier alpha value is -2.52. The van der Waals surface area contributed by atoms with Crippen molar-refractivity contribution in [3.8, 4) is 0 Å². The van der Waals surface area contributed by atoms with Crippen molar-refractivity contribution in [1.82, 2.24) is 15.3 Å². The van der Waals surface area contributed by atoms with Crippen molar-refractivity contribution in [3.05, 3.63) is 64.2 Å². The van der Waals surface area contributed by atoms with Crippen LogP contribution in [0.1, 0.15) is 54.7 Å². The van der Waals surface area contributed by atoms with E-state index in [9.17, 15) is 17.6 Å². The molecule has 1 N–H and O–H groups in total. The standard InChI is InChI=1S/C22H26ClFN4O3S/c1-15(10-12-32(2,30)31)27-22(29)18-13-26-20(14-25-18)28-11-5-3-4-9-19(28)16-7-6-8-17(24)21(16)23/h6-8,10,12-15,19H,3-5,9,11H2,1-2H3,(H,27,29)/b12-10+/t15-,19?/m1/s1. The molecule has 1 aliphatic rings. The number of aromatic nitrogens is 2.